The van der Waals surface area contributed by atoms with Gasteiger partial charge in [-0.15, -0.1) is 40.8 Å². The molecule has 0 fully saturated rings. The van der Waals surface area contributed by atoms with E-state index in [-0.39, 0.29) is 0 Å². The van der Waals surface area contributed by atoms with E-state index < -0.39 is 0 Å². The molecule has 0 aliphatic rings. The molecule has 90 heavy (non-hydrogen) atoms. The lowest BCUT2D eigenvalue weighted by molar-refractivity contribution is 0.584. The summed E-state index contributed by atoms with van der Waals surface area (Å²) >= 11 is 0. The summed E-state index contributed by atoms with van der Waals surface area (Å²) in [5, 5.41) is 39.1. The molecule has 0 aliphatic heterocycles. The lowest BCUT2D eigenvalue weighted by atomic mass is 9.96. The van der Waals surface area contributed by atoms with E-state index in [1.807, 2.05) is 170 Å². The van der Waals surface area contributed by atoms with Crippen molar-refractivity contribution in [3.05, 3.63) is 290 Å². The van der Waals surface area contributed by atoms with Crippen molar-refractivity contribution in [1.82, 2.24) is 40.8 Å². The first kappa shape index (κ1) is 54.4. The minimum Gasteiger partial charge on any atom is -0.416 e. The van der Waals surface area contributed by atoms with Gasteiger partial charge in [0.25, 0.3) is 0 Å². The highest BCUT2D eigenvalue weighted by Gasteiger charge is 2.19. The Bertz CT molecular complexity index is 4850. The summed E-state index contributed by atoms with van der Waals surface area (Å²) in [4.78, 5) is 0. The first-order valence-electron chi connectivity index (χ1n) is 29.4. The van der Waals surface area contributed by atoms with E-state index in [2.05, 4.69) is 164 Å². The maximum atomic E-state index is 6.19. The average molecular weight is 1170 g/mol. The summed E-state index contributed by atoms with van der Waals surface area (Å²) in [6, 6.07) is 94.2. The van der Waals surface area contributed by atoms with Gasteiger partial charge in [0.05, 0.1) is 0 Å². The second-order valence-corrected chi connectivity index (χ2v) is 21.8. The molecule has 0 saturated heterocycles. The smallest absolute Gasteiger partial charge is 0.248 e. The van der Waals surface area contributed by atoms with Crippen molar-refractivity contribution in [2.75, 3.05) is 0 Å². The highest BCUT2D eigenvalue weighted by molar-refractivity contribution is 5.96. The van der Waals surface area contributed by atoms with Gasteiger partial charge in [-0.05, 0) is 164 Å². The molecular formula is C78H52N8O4. The number of aromatic nitrogens is 8. The molecule has 16 aromatic rings. The molecule has 0 radical (unpaired) electrons. The van der Waals surface area contributed by atoms with E-state index >= 15 is 0 Å². The Morgan fingerprint density at radius 3 is 0.767 bits per heavy atom. The van der Waals surface area contributed by atoms with Crippen LogP contribution in [0, 0.1) is 13.8 Å². The highest BCUT2D eigenvalue weighted by Crippen LogP contribution is 2.37. The van der Waals surface area contributed by atoms with Gasteiger partial charge in [-0.3, -0.25) is 0 Å². The van der Waals surface area contributed by atoms with Gasteiger partial charge in [0.15, 0.2) is 0 Å². The van der Waals surface area contributed by atoms with Crippen LogP contribution in [-0.2, 0) is 0 Å². The lowest BCUT2D eigenvalue weighted by Crippen LogP contribution is -1.89. The Labute approximate surface area is 517 Å². The molecule has 0 unspecified atom stereocenters. The van der Waals surface area contributed by atoms with Crippen LogP contribution in [0.15, 0.2) is 297 Å². The lowest BCUT2D eigenvalue weighted by Gasteiger charge is -2.09. The van der Waals surface area contributed by atoms with Gasteiger partial charge in [0.2, 0.25) is 47.1 Å². The number of benzene rings is 12. The monoisotopic (exact) mass is 1160 g/mol. The number of aryl methyl sites for hydroxylation is 2. The number of hydrogen-bond donors (Lipinski definition) is 0. The number of fused-ring (bicyclic) bond motifs is 2. The molecule has 4 aromatic heterocycles. The van der Waals surface area contributed by atoms with Gasteiger partial charge >= 0.3 is 0 Å². The van der Waals surface area contributed by atoms with Gasteiger partial charge < -0.3 is 17.7 Å². The molecule has 428 valence electrons. The highest BCUT2D eigenvalue weighted by atomic mass is 16.4. The van der Waals surface area contributed by atoms with E-state index in [1.165, 1.54) is 11.1 Å². The molecule has 12 heteroatoms. The van der Waals surface area contributed by atoms with E-state index in [4.69, 9.17) is 17.7 Å². The maximum Gasteiger partial charge on any atom is 0.248 e. The third kappa shape index (κ3) is 11.0. The summed E-state index contributed by atoms with van der Waals surface area (Å²) in [5.41, 5.74) is 18.2. The largest absolute Gasteiger partial charge is 0.416 e. The molecule has 0 spiro atoms. The average Bonchev–Trinajstić information content (AvgIpc) is 2.18. The number of rotatable bonds is 12. The molecule has 0 atom stereocenters. The Kier molecular flexibility index (Phi) is 14.4. The molecule has 16 rings (SSSR count). The SMILES string of the molecule is Cc1cc(-c2ccc(-c3nnc(-c4cccc5ccccc45)o3)c(C)c2)ccc1-c1nnc(-c2cccc3ccccc23)o1.c1ccc(-c2ccc(-c3nnc(-c4ccc(-c5ccc(-c6nnc(-c7ccc(-c8ccccc8)cc7)o6)cc5)cc4)o3)cc2)cc1. The minimum atomic E-state index is 0.478. The third-order valence-corrected chi connectivity index (χ3v) is 16.1. The van der Waals surface area contributed by atoms with Gasteiger partial charge in [-0.25, -0.2) is 0 Å². The summed E-state index contributed by atoms with van der Waals surface area (Å²) in [6.07, 6.45) is 0. The summed E-state index contributed by atoms with van der Waals surface area (Å²) in [7, 11) is 0. The standard InChI is InChI=1S/C40H26N4O2.C38H26N4O2/c1-3-7-27(8-4-1)29-11-19-33(20-12-29)37-41-43-39(45-37)35-23-15-31(16-24-35)32-17-25-36(26-18-32)40-44-42-38(46-40)34-21-13-30(14-22-34)28-9-5-2-6-10-28;1-23-21-27(17-19-29(23)35-39-41-37(43-35)33-15-7-11-25-9-3-5-13-31(25)33)28-18-20-30(24(2)22-28)36-40-42-38(44-36)34-16-8-12-26-10-4-6-14-32(26)34/h1-26H;3-22H,1-2H3. The zero-order valence-corrected chi connectivity index (χ0v) is 48.8. The quantitative estimate of drug-likeness (QED) is 0.114. The number of hydrogen-bond acceptors (Lipinski definition) is 12. The van der Waals surface area contributed by atoms with Crippen molar-refractivity contribution >= 4 is 21.5 Å². The van der Waals surface area contributed by atoms with Crippen molar-refractivity contribution in [3.8, 4) is 136 Å². The Morgan fingerprint density at radius 2 is 0.433 bits per heavy atom. The summed E-state index contributed by atoms with van der Waals surface area (Å²) in [6.45, 7) is 4.13. The van der Waals surface area contributed by atoms with Crippen molar-refractivity contribution in [2.24, 2.45) is 0 Å². The summed E-state index contributed by atoms with van der Waals surface area (Å²) in [5.74, 6) is 3.96. The Balaban J connectivity index is 0.000000150. The van der Waals surface area contributed by atoms with Crippen molar-refractivity contribution in [1.29, 1.82) is 0 Å². The van der Waals surface area contributed by atoms with E-state index in [0.717, 1.165) is 111 Å². The van der Waals surface area contributed by atoms with Gasteiger partial charge in [-0.1, -0.05) is 206 Å². The zero-order valence-electron chi connectivity index (χ0n) is 48.8. The van der Waals surface area contributed by atoms with Crippen LogP contribution in [0.5, 0.6) is 0 Å². The normalized spacial score (nSPS) is 11.2. The predicted octanol–water partition coefficient (Wildman–Crippen LogP) is 19.8. The zero-order chi connectivity index (χ0) is 60.3. The maximum absolute atomic E-state index is 6.19. The first-order valence-corrected chi connectivity index (χ1v) is 29.4. The predicted molar refractivity (Wildman–Crippen MR) is 354 cm³/mol. The second-order valence-electron chi connectivity index (χ2n) is 21.8. The van der Waals surface area contributed by atoms with Crippen LogP contribution in [0.2, 0.25) is 0 Å². The van der Waals surface area contributed by atoms with Crippen LogP contribution in [0.4, 0.5) is 0 Å². The van der Waals surface area contributed by atoms with Crippen LogP contribution in [0.1, 0.15) is 11.1 Å². The number of nitrogens with zero attached hydrogens (tertiary/aromatic N) is 8. The topological polar surface area (TPSA) is 156 Å². The summed E-state index contributed by atoms with van der Waals surface area (Å²) < 4.78 is 24.4. The molecule has 0 N–H and O–H groups in total. The fourth-order valence-electron chi connectivity index (χ4n) is 11.3. The first-order chi connectivity index (χ1) is 44.4. The fraction of sp³-hybridized carbons (Fsp3) is 0.0256. The Hall–Kier alpha value is -12.3. The Morgan fingerprint density at radius 1 is 0.189 bits per heavy atom. The van der Waals surface area contributed by atoms with Crippen LogP contribution in [0.3, 0.4) is 0 Å². The van der Waals surface area contributed by atoms with Gasteiger partial charge in [-0.2, -0.15) is 0 Å². The third-order valence-electron chi connectivity index (χ3n) is 16.1. The van der Waals surface area contributed by atoms with E-state index in [9.17, 15) is 0 Å². The van der Waals surface area contributed by atoms with Crippen LogP contribution in [-0.4, -0.2) is 40.8 Å². The van der Waals surface area contributed by atoms with Gasteiger partial charge in [0, 0.05) is 44.5 Å². The molecule has 0 aliphatic carbocycles. The fourth-order valence-corrected chi connectivity index (χ4v) is 11.3. The molecule has 0 amide bonds. The van der Waals surface area contributed by atoms with E-state index in [0.29, 0.717) is 47.1 Å². The molecule has 12 aromatic carbocycles. The molecule has 0 bridgehead atoms. The minimum absolute atomic E-state index is 0.478. The van der Waals surface area contributed by atoms with Gasteiger partial charge in [0.1, 0.15) is 0 Å². The van der Waals surface area contributed by atoms with E-state index in [1.54, 1.807) is 0 Å². The molecule has 0 saturated carbocycles. The van der Waals surface area contributed by atoms with Crippen LogP contribution >= 0.6 is 0 Å². The van der Waals surface area contributed by atoms with Crippen molar-refractivity contribution < 1.29 is 17.7 Å². The van der Waals surface area contributed by atoms with Crippen molar-refractivity contribution in [3.63, 3.8) is 0 Å². The molecular weight excluding hydrogens is 1110 g/mol. The van der Waals surface area contributed by atoms with Crippen LogP contribution < -0.4 is 0 Å². The van der Waals surface area contributed by atoms with Crippen molar-refractivity contribution in [2.45, 2.75) is 13.8 Å². The van der Waals surface area contributed by atoms with Crippen LogP contribution in [0.25, 0.3) is 158 Å². The second kappa shape index (κ2) is 23.9. The molecule has 4 heterocycles. The molecule has 12 nitrogen and oxygen atoms in total.